The highest BCUT2D eigenvalue weighted by atomic mass is 79.9. The average molecular weight is 471 g/mol. The second-order valence-corrected chi connectivity index (χ2v) is 9.13. The van der Waals surface area contributed by atoms with E-state index in [4.69, 9.17) is 4.74 Å². The van der Waals surface area contributed by atoms with Crippen LogP contribution in [0, 0.1) is 0 Å². The number of benzene rings is 2. The molecule has 0 aliphatic carbocycles. The Labute approximate surface area is 162 Å². The van der Waals surface area contributed by atoms with E-state index < -0.39 is 0 Å². The van der Waals surface area contributed by atoms with Gasteiger partial charge in [0.2, 0.25) is 0 Å². The van der Waals surface area contributed by atoms with Gasteiger partial charge in [0, 0.05) is 14.7 Å². The highest BCUT2D eigenvalue weighted by molar-refractivity contribution is 9.10. The van der Waals surface area contributed by atoms with Crippen molar-refractivity contribution < 1.29 is 9.84 Å². The van der Waals surface area contributed by atoms with Gasteiger partial charge in [-0.3, -0.25) is 0 Å². The topological polar surface area (TPSA) is 32.7 Å². The molecule has 24 heavy (non-hydrogen) atoms. The van der Waals surface area contributed by atoms with Gasteiger partial charge in [-0.1, -0.05) is 56.1 Å². The molecule has 2 fully saturated rings. The smallest absolute Gasteiger partial charge is 0.138 e. The minimum absolute atomic E-state index is 0.106. The van der Waals surface area contributed by atoms with Crippen LogP contribution in [0.1, 0.15) is 22.7 Å². The first-order chi connectivity index (χ1) is 11.6. The minimum Gasteiger partial charge on any atom is -0.394 e. The quantitative estimate of drug-likeness (QED) is 0.703. The number of hydrogen-bond acceptors (Lipinski definition) is 4. The number of aliphatic hydroxyl groups excluding tert-OH is 1. The third-order valence-electron chi connectivity index (χ3n) is 4.63. The van der Waals surface area contributed by atoms with Gasteiger partial charge < -0.3 is 9.84 Å². The standard InChI is InChI=1S/C18H17Br2NO2S/c19-14-5-1-3-12(7-14)16-21-17(13-4-2-6-15(20)8-13)24-11-18(21,9-22)10-23-16/h1-8,16-17,22H,9-11H2/t16-,17+,18-/m0/s1. The summed E-state index contributed by atoms with van der Waals surface area (Å²) >= 11 is 8.99. The Morgan fingerprint density at radius 1 is 1.12 bits per heavy atom. The third kappa shape index (κ3) is 2.87. The van der Waals surface area contributed by atoms with E-state index in [1.807, 2.05) is 30.0 Å². The van der Waals surface area contributed by atoms with Gasteiger partial charge in [-0.05, 0) is 35.4 Å². The normalized spacial score (nSPS) is 29.8. The molecule has 2 aromatic rings. The molecular formula is C18H17Br2NO2S. The molecule has 0 bridgehead atoms. The van der Waals surface area contributed by atoms with Crippen molar-refractivity contribution in [2.45, 2.75) is 17.1 Å². The fraction of sp³-hybridized carbons (Fsp3) is 0.333. The molecule has 3 atom stereocenters. The summed E-state index contributed by atoms with van der Waals surface area (Å²) in [5.41, 5.74) is 2.03. The molecule has 2 aliphatic rings. The predicted octanol–water partition coefficient (Wildman–Crippen LogP) is 4.72. The lowest BCUT2D eigenvalue weighted by Gasteiger charge is -2.34. The summed E-state index contributed by atoms with van der Waals surface area (Å²) in [5, 5.41) is 10.3. The highest BCUT2D eigenvalue weighted by Crippen LogP contribution is 2.55. The van der Waals surface area contributed by atoms with E-state index in [1.165, 1.54) is 5.56 Å². The van der Waals surface area contributed by atoms with Gasteiger partial charge in [-0.15, -0.1) is 11.8 Å². The molecule has 126 valence electrons. The summed E-state index contributed by atoms with van der Waals surface area (Å²) in [5.74, 6) is 0.866. The van der Waals surface area contributed by atoms with E-state index in [1.54, 1.807) is 0 Å². The number of halogens is 2. The SMILES string of the molecule is OC[C@@]12CO[C@@H](c3cccc(Br)c3)N1[C@@H](c1cccc(Br)c1)SC2. The van der Waals surface area contributed by atoms with Gasteiger partial charge in [0.05, 0.1) is 24.1 Å². The Balaban J connectivity index is 1.75. The molecular weight excluding hydrogens is 454 g/mol. The van der Waals surface area contributed by atoms with Gasteiger partial charge >= 0.3 is 0 Å². The van der Waals surface area contributed by atoms with E-state index in [0.29, 0.717) is 6.61 Å². The van der Waals surface area contributed by atoms with Crippen LogP contribution in [0.2, 0.25) is 0 Å². The van der Waals surface area contributed by atoms with Crippen LogP contribution in [-0.2, 0) is 4.74 Å². The van der Waals surface area contributed by atoms with Crippen LogP contribution in [0.15, 0.2) is 57.5 Å². The van der Waals surface area contributed by atoms with E-state index in [2.05, 4.69) is 67.1 Å². The van der Waals surface area contributed by atoms with Gasteiger partial charge in [0.25, 0.3) is 0 Å². The van der Waals surface area contributed by atoms with Crippen molar-refractivity contribution in [2.24, 2.45) is 0 Å². The summed E-state index contributed by atoms with van der Waals surface area (Å²) in [7, 11) is 0. The first-order valence-corrected chi connectivity index (χ1v) is 10.4. The lowest BCUT2D eigenvalue weighted by atomic mass is 10.0. The second-order valence-electron chi connectivity index (χ2n) is 6.23. The number of rotatable bonds is 3. The number of thioether (sulfide) groups is 1. The Morgan fingerprint density at radius 3 is 2.46 bits per heavy atom. The number of ether oxygens (including phenoxy) is 1. The Kier molecular flexibility index (Phi) is 4.79. The van der Waals surface area contributed by atoms with Crippen molar-refractivity contribution in [1.82, 2.24) is 4.90 Å². The van der Waals surface area contributed by atoms with Gasteiger partial charge in [0.1, 0.15) is 6.23 Å². The van der Waals surface area contributed by atoms with Gasteiger partial charge in [0.15, 0.2) is 0 Å². The van der Waals surface area contributed by atoms with Crippen LogP contribution >= 0.6 is 43.6 Å². The first-order valence-electron chi connectivity index (χ1n) is 7.76. The molecule has 6 heteroatoms. The molecule has 2 aromatic carbocycles. The Hall–Kier alpha value is -0.370. The van der Waals surface area contributed by atoms with E-state index >= 15 is 0 Å². The fourth-order valence-corrected chi connectivity index (χ4v) is 5.91. The van der Waals surface area contributed by atoms with Crippen molar-refractivity contribution in [3.8, 4) is 0 Å². The Bertz CT molecular complexity index is 700. The van der Waals surface area contributed by atoms with Crippen LogP contribution in [0.5, 0.6) is 0 Å². The van der Waals surface area contributed by atoms with Crippen molar-refractivity contribution >= 4 is 43.6 Å². The summed E-state index contributed by atoms with van der Waals surface area (Å²) in [6.45, 7) is 0.660. The molecule has 0 saturated carbocycles. The van der Waals surface area contributed by atoms with E-state index in [-0.39, 0.29) is 23.7 Å². The van der Waals surface area contributed by atoms with Crippen LogP contribution in [0.4, 0.5) is 0 Å². The van der Waals surface area contributed by atoms with Crippen molar-refractivity contribution in [2.75, 3.05) is 19.0 Å². The lowest BCUT2D eigenvalue weighted by Crippen LogP contribution is -2.47. The monoisotopic (exact) mass is 469 g/mol. The zero-order valence-electron chi connectivity index (χ0n) is 12.9. The van der Waals surface area contributed by atoms with Gasteiger partial charge in [-0.25, -0.2) is 4.90 Å². The predicted molar refractivity (Wildman–Crippen MR) is 104 cm³/mol. The molecule has 2 heterocycles. The molecule has 0 aromatic heterocycles. The lowest BCUT2D eigenvalue weighted by molar-refractivity contribution is 0.0106. The highest BCUT2D eigenvalue weighted by Gasteiger charge is 2.55. The molecule has 0 amide bonds. The molecule has 3 nitrogen and oxygen atoms in total. The Morgan fingerprint density at radius 2 is 1.79 bits per heavy atom. The zero-order valence-corrected chi connectivity index (χ0v) is 16.9. The second kappa shape index (κ2) is 6.74. The van der Waals surface area contributed by atoms with Crippen molar-refractivity contribution in [3.63, 3.8) is 0 Å². The summed E-state index contributed by atoms with van der Waals surface area (Å²) in [6.07, 6.45) is -0.145. The molecule has 0 spiro atoms. The molecule has 0 unspecified atom stereocenters. The maximum absolute atomic E-state index is 10.1. The fourth-order valence-electron chi connectivity index (χ4n) is 3.45. The molecule has 0 radical (unpaired) electrons. The zero-order chi connectivity index (χ0) is 16.7. The third-order valence-corrected chi connectivity index (χ3v) is 7.14. The van der Waals surface area contributed by atoms with Gasteiger partial charge in [-0.2, -0.15) is 0 Å². The molecule has 2 saturated heterocycles. The largest absolute Gasteiger partial charge is 0.394 e. The first kappa shape index (κ1) is 17.1. The van der Waals surface area contributed by atoms with E-state index in [9.17, 15) is 5.11 Å². The summed E-state index contributed by atoms with van der Waals surface area (Å²) in [4.78, 5) is 2.35. The summed E-state index contributed by atoms with van der Waals surface area (Å²) in [6, 6.07) is 16.6. The van der Waals surface area contributed by atoms with Crippen molar-refractivity contribution in [1.29, 1.82) is 0 Å². The number of hydrogen-bond donors (Lipinski definition) is 1. The van der Waals surface area contributed by atoms with Crippen LogP contribution < -0.4 is 0 Å². The summed E-state index contributed by atoms with van der Waals surface area (Å²) < 4.78 is 8.27. The molecule has 1 N–H and O–H groups in total. The van der Waals surface area contributed by atoms with Crippen LogP contribution in [0.25, 0.3) is 0 Å². The molecule has 2 aliphatic heterocycles. The maximum atomic E-state index is 10.1. The minimum atomic E-state index is -0.315. The van der Waals surface area contributed by atoms with Crippen LogP contribution in [0.3, 0.4) is 0 Å². The number of fused-ring (bicyclic) bond motifs is 1. The maximum Gasteiger partial charge on any atom is 0.138 e. The van der Waals surface area contributed by atoms with E-state index in [0.717, 1.165) is 20.3 Å². The molecule has 4 rings (SSSR count). The van der Waals surface area contributed by atoms with Crippen LogP contribution in [-0.4, -0.2) is 34.5 Å². The number of nitrogens with zero attached hydrogens (tertiary/aromatic N) is 1. The average Bonchev–Trinajstić information content (AvgIpc) is 3.12. The van der Waals surface area contributed by atoms with Crippen molar-refractivity contribution in [3.05, 3.63) is 68.6 Å². The number of aliphatic hydroxyl groups is 1.